The Kier molecular flexibility index (Phi) is 2.24. The van der Waals surface area contributed by atoms with Gasteiger partial charge in [0.25, 0.3) is 0 Å². The zero-order valence-corrected chi connectivity index (χ0v) is 9.70. The summed E-state index contributed by atoms with van der Waals surface area (Å²) in [6, 6.07) is 0. The van der Waals surface area contributed by atoms with Crippen LogP contribution in [0.3, 0.4) is 0 Å². The van der Waals surface area contributed by atoms with Gasteiger partial charge in [0, 0.05) is 13.0 Å². The van der Waals surface area contributed by atoms with Crippen molar-refractivity contribution in [2.45, 2.75) is 31.7 Å². The molecule has 3 heterocycles. The van der Waals surface area contributed by atoms with Crippen molar-refractivity contribution in [3.8, 4) is 0 Å². The highest BCUT2D eigenvalue weighted by Crippen LogP contribution is 2.35. The summed E-state index contributed by atoms with van der Waals surface area (Å²) in [6.07, 6.45) is 1.70. The van der Waals surface area contributed by atoms with Crippen LogP contribution in [0, 0.1) is 0 Å². The molecule has 0 radical (unpaired) electrons. The summed E-state index contributed by atoms with van der Waals surface area (Å²) in [5.41, 5.74) is 0.631. The molecule has 0 fully saturated rings. The van der Waals surface area contributed by atoms with Crippen molar-refractivity contribution in [1.29, 1.82) is 0 Å². The largest absolute Gasteiger partial charge is 0.499 e. The lowest BCUT2D eigenvalue weighted by atomic mass is 10.0. The highest BCUT2D eigenvalue weighted by atomic mass is 16.3. The third-order valence-corrected chi connectivity index (χ3v) is 3.62. The van der Waals surface area contributed by atoms with Crippen LogP contribution in [0.1, 0.15) is 24.5 Å². The van der Waals surface area contributed by atoms with Crippen LogP contribution in [0.5, 0.6) is 0 Å². The molecule has 6 nitrogen and oxygen atoms in total. The molecule has 2 atom stereocenters. The molecule has 0 saturated heterocycles. The summed E-state index contributed by atoms with van der Waals surface area (Å²) in [4.78, 5) is 13.8. The Bertz CT molecular complexity index is 525. The molecule has 0 aliphatic carbocycles. The minimum Gasteiger partial charge on any atom is -0.388 e. The van der Waals surface area contributed by atoms with E-state index in [9.17, 15) is 15.0 Å². The number of hydrogen-bond donors (Lipinski definition) is 2. The fourth-order valence-corrected chi connectivity index (χ4v) is 2.73. The van der Waals surface area contributed by atoms with Crippen LogP contribution in [0.15, 0.2) is 11.0 Å². The number of rotatable bonds is 0. The highest BCUT2D eigenvalue weighted by molar-refractivity contribution is 5.51. The molecule has 1 aromatic heterocycles. The van der Waals surface area contributed by atoms with Gasteiger partial charge in [0.15, 0.2) is 0 Å². The number of aliphatic hydroxyl groups is 2. The summed E-state index contributed by atoms with van der Waals surface area (Å²) < 4.78 is 3.13. The number of anilines is 1. The number of aromatic nitrogens is 2. The molecule has 0 saturated carbocycles. The second-order valence-electron chi connectivity index (χ2n) is 4.72. The molecular formula is C11H16N3O3+. The molecule has 2 aliphatic heterocycles. The van der Waals surface area contributed by atoms with Crippen molar-refractivity contribution in [1.82, 2.24) is 4.57 Å². The van der Waals surface area contributed by atoms with Crippen molar-refractivity contribution in [3.05, 3.63) is 22.2 Å². The number of aliphatic hydroxyl groups excluding tert-OH is 2. The van der Waals surface area contributed by atoms with Gasteiger partial charge in [0.1, 0.15) is 19.0 Å². The molecule has 17 heavy (non-hydrogen) atoms. The average molecular weight is 238 g/mol. The predicted octanol–water partition coefficient (Wildman–Crippen LogP) is -1.36. The number of nitrogens with zero attached hydrogens (tertiary/aromatic N) is 3. The van der Waals surface area contributed by atoms with E-state index in [-0.39, 0.29) is 5.69 Å². The van der Waals surface area contributed by atoms with E-state index in [2.05, 4.69) is 0 Å². The van der Waals surface area contributed by atoms with Gasteiger partial charge in [-0.25, -0.2) is 4.57 Å². The van der Waals surface area contributed by atoms with Crippen molar-refractivity contribution in [2.75, 3.05) is 11.4 Å². The van der Waals surface area contributed by atoms with Gasteiger partial charge in [-0.2, -0.15) is 9.36 Å². The average Bonchev–Trinajstić information content (AvgIpc) is 2.31. The SMILES string of the molecule is C[n+]1cc2c3n(c1=O)CCC(O)N3CCC2O. The Morgan fingerprint density at radius 3 is 2.88 bits per heavy atom. The lowest BCUT2D eigenvalue weighted by Crippen LogP contribution is -2.57. The highest BCUT2D eigenvalue weighted by Gasteiger charge is 2.38. The molecule has 92 valence electrons. The van der Waals surface area contributed by atoms with Crippen LogP contribution < -0.4 is 15.2 Å². The molecule has 0 bridgehead atoms. The standard InChI is InChI=1S/C11H16N3O3/c1-12-6-7-8(15)2-4-13-9(16)3-5-14(10(7)13)11(12)17/h6,8-9,15-16H,2-5H2,1H3/q+1. The Morgan fingerprint density at radius 1 is 1.35 bits per heavy atom. The molecule has 2 aliphatic rings. The van der Waals surface area contributed by atoms with E-state index < -0.39 is 12.3 Å². The van der Waals surface area contributed by atoms with Gasteiger partial charge in [-0.15, -0.1) is 0 Å². The van der Waals surface area contributed by atoms with Crippen LogP contribution in [0.25, 0.3) is 0 Å². The van der Waals surface area contributed by atoms with E-state index in [0.29, 0.717) is 31.7 Å². The molecule has 2 N–H and O–H groups in total. The maximum atomic E-state index is 12.0. The van der Waals surface area contributed by atoms with E-state index >= 15 is 0 Å². The maximum Gasteiger partial charge on any atom is 0.499 e. The first kappa shape index (κ1) is 10.7. The van der Waals surface area contributed by atoms with Gasteiger partial charge in [-0.1, -0.05) is 0 Å². The molecule has 1 aromatic rings. The van der Waals surface area contributed by atoms with Crippen LogP contribution >= 0.6 is 0 Å². The molecular weight excluding hydrogens is 222 g/mol. The van der Waals surface area contributed by atoms with E-state index in [1.807, 2.05) is 4.90 Å². The minimum atomic E-state index is -0.551. The maximum absolute atomic E-state index is 12.0. The Hall–Kier alpha value is -1.40. The fraction of sp³-hybridized carbons (Fsp3) is 0.636. The molecule has 0 spiro atoms. The third-order valence-electron chi connectivity index (χ3n) is 3.62. The lowest BCUT2D eigenvalue weighted by Gasteiger charge is -2.38. The van der Waals surface area contributed by atoms with Crippen molar-refractivity contribution in [3.63, 3.8) is 0 Å². The predicted molar refractivity (Wildman–Crippen MR) is 59.4 cm³/mol. The van der Waals surface area contributed by atoms with Gasteiger partial charge >= 0.3 is 5.69 Å². The zero-order valence-electron chi connectivity index (χ0n) is 9.70. The monoisotopic (exact) mass is 238 g/mol. The van der Waals surface area contributed by atoms with E-state index in [0.717, 1.165) is 5.56 Å². The molecule has 6 heteroatoms. The molecule has 0 aromatic carbocycles. The second kappa shape index (κ2) is 3.54. The van der Waals surface area contributed by atoms with Crippen molar-refractivity contribution >= 4 is 5.82 Å². The van der Waals surface area contributed by atoms with E-state index in [1.54, 1.807) is 17.8 Å². The minimum absolute atomic E-state index is 0.102. The topological polar surface area (TPSA) is 69.6 Å². The summed E-state index contributed by atoms with van der Waals surface area (Å²) in [5, 5.41) is 19.9. The molecule has 2 unspecified atom stereocenters. The van der Waals surface area contributed by atoms with Gasteiger partial charge in [-0.05, 0) is 6.42 Å². The Balaban J connectivity index is 2.30. The van der Waals surface area contributed by atoms with Gasteiger partial charge < -0.3 is 15.1 Å². The molecule has 0 amide bonds. The fourth-order valence-electron chi connectivity index (χ4n) is 2.73. The summed E-state index contributed by atoms with van der Waals surface area (Å²) in [6.45, 7) is 1.09. The van der Waals surface area contributed by atoms with Crippen LogP contribution in [-0.4, -0.2) is 27.6 Å². The first-order valence-corrected chi connectivity index (χ1v) is 5.85. The summed E-state index contributed by atoms with van der Waals surface area (Å²) in [5.74, 6) is 0.686. The normalized spacial score (nSPS) is 26.9. The first-order valence-electron chi connectivity index (χ1n) is 5.85. The first-order chi connectivity index (χ1) is 8.09. The van der Waals surface area contributed by atoms with E-state index in [1.165, 1.54) is 4.57 Å². The Labute approximate surface area is 98.3 Å². The van der Waals surface area contributed by atoms with Crippen molar-refractivity contribution in [2.24, 2.45) is 7.05 Å². The van der Waals surface area contributed by atoms with Gasteiger partial charge in [-0.3, -0.25) is 0 Å². The van der Waals surface area contributed by atoms with Crippen LogP contribution in [0.4, 0.5) is 5.82 Å². The van der Waals surface area contributed by atoms with Gasteiger partial charge in [0.05, 0.1) is 18.7 Å². The lowest BCUT2D eigenvalue weighted by molar-refractivity contribution is -0.691. The van der Waals surface area contributed by atoms with E-state index in [4.69, 9.17) is 0 Å². The third kappa shape index (κ3) is 1.41. The quantitative estimate of drug-likeness (QED) is 0.548. The van der Waals surface area contributed by atoms with Crippen LogP contribution in [0.2, 0.25) is 0 Å². The molecule has 3 rings (SSSR count). The summed E-state index contributed by atoms with van der Waals surface area (Å²) in [7, 11) is 1.68. The number of aryl methyl sites for hydroxylation is 1. The van der Waals surface area contributed by atoms with Crippen molar-refractivity contribution < 1.29 is 14.8 Å². The van der Waals surface area contributed by atoms with Crippen LogP contribution in [-0.2, 0) is 13.6 Å². The zero-order chi connectivity index (χ0) is 12.2. The summed E-state index contributed by atoms with van der Waals surface area (Å²) >= 11 is 0. The smallest absolute Gasteiger partial charge is 0.388 e. The number of hydrogen-bond acceptors (Lipinski definition) is 4. The van der Waals surface area contributed by atoms with Gasteiger partial charge in [0.2, 0.25) is 5.82 Å². The second-order valence-corrected chi connectivity index (χ2v) is 4.72. The Morgan fingerprint density at radius 2 is 2.12 bits per heavy atom.